The predicted molar refractivity (Wildman–Crippen MR) is 162 cm³/mol. The van der Waals surface area contributed by atoms with Crippen molar-refractivity contribution in [2.45, 2.75) is 50.1 Å². The molecule has 4 rings (SSSR count). The zero-order valence-electron chi connectivity index (χ0n) is 24.5. The third-order valence-corrected chi connectivity index (χ3v) is 8.27. The van der Waals surface area contributed by atoms with Gasteiger partial charge in [0.1, 0.15) is 17.5 Å². The standard InChI is InChI=1S/C31H36N4O7S/c1-17(2)14-22(34-29(38)23-16-20-21(33-23)9-7-10-25(20)41-3)28(37)35-24(15-18-12-13-32-27(18)36)31(40)43-26-11-6-5-8-19(26)30(39)42-4/h5-11,16-18,22,24,33H,12-15H2,1-4H3,(H,32,36)(H,34,38)(H,35,37)/t18-,22-,24-/m0/s1. The van der Waals surface area contributed by atoms with Crippen LogP contribution in [0.25, 0.3) is 10.9 Å². The van der Waals surface area contributed by atoms with E-state index in [1.165, 1.54) is 7.11 Å². The van der Waals surface area contributed by atoms with E-state index in [2.05, 4.69) is 20.9 Å². The molecule has 0 saturated carbocycles. The van der Waals surface area contributed by atoms with Crippen molar-refractivity contribution in [3.63, 3.8) is 0 Å². The lowest BCUT2D eigenvalue weighted by Crippen LogP contribution is -2.52. The Bertz CT molecular complexity index is 1520. The van der Waals surface area contributed by atoms with Gasteiger partial charge in [-0.05, 0) is 67.3 Å². The second kappa shape index (κ2) is 14.2. The van der Waals surface area contributed by atoms with Crippen molar-refractivity contribution < 1.29 is 33.4 Å². The predicted octanol–water partition coefficient (Wildman–Crippen LogP) is 3.44. The second-order valence-corrected chi connectivity index (χ2v) is 11.8. The minimum absolute atomic E-state index is 0.0370. The van der Waals surface area contributed by atoms with Crippen LogP contribution in [0.1, 0.15) is 54.0 Å². The van der Waals surface area contributed by atoms with Gasteiger partial charge in [0.15, 0.2) is 0 Å². The highest BCUT2D eigenvalue weighted by atomic mass is 32.2. The summed E-state index contributed by atoms with van der Waals surface area (Å²) in [4.78, 5) is 68.7. The van der Waals surface area contributed by atoms with Crippen LogP contribution in [-0.4, -0.2) is 66.6 Å². The largest absolute Gasteiger partial charge is 0.496 e. The molecule has 0 unspecified atom stereocenters. The van der Waals surface area contributed by atoms with Crippen molar-refractivity contribution in [1.29, 1.82) is 0 Å². The van der Waals surface area contributed by atoms with Gasteiger partial charge < -0.3 is 30.4 Å². The van der Waals surface area contributed by atoms with E-state index in [1.54, 1.807) is 49.6 Å². The van der Waals surface area contributed by atoms with E-state index in [0.29, 0.717) is 35.5 Å². The molecule has 1 saturated heterocycles. The summed E-state index contributed by atoms with van der Waals surface area (Å²) in [5, 5.41) is 8.66. The molecular formula is C31H36N4O7S. The van der Waals surface area contributed by atoms with Crippen LogP contribution in [0, 0.1) is 11.8 Å². The quantitative estimate of drug-likeness (QED) is 0.180. The van der Waals surface area contributed by atoms with E-state index in [1.807, 2.05) is 19.9 Å². The summed E-state index contributed by atoms with van der Waals surface area (Å²) in [6.45, 7) is 4.33. The van der Waals surface area contributed by atoms with Crippen LogP contribution in [0.2, 0.25) is 0 Å². The number of methoxy groups -OCH3 is 2. The van der Waals surface area contributed by atoms with Gasteiger partial charge >= 0.3 is 5.97 Å². The Hall–Kier alpha value is -4.32. The minimum atomic E-state index is -1.05. The zero-order chi connectivity index (χ0) is 31.1. The summed E-state index contributed by atoms with van der Waals surface area (Å²) in [7, 11) is 2.80. The third kappa shape index (κ3) is 7.75. The van der Waals surface area contributed by atoms with Gasteiger partial charge in [-0.15, -0.1) is 0 Å². The number of aromatic nitrogens is 1. The number of rotatable bonds is 12. The number of carbonyl (C=O) groups is 5. The first-order chi connectivity index (χ1) is 20.6. The van der Waals surface area contributed by atoms with Crippen molar-refractivity contribution in [3.8, 4) is 5.75 Å². The molecule has 1 fully saturated rings. The monoisotopic (exact) mass is 608 g/mol. The molecule has 12 heteroatoms. The fourth-order valence-corrected chi connectivity index (χ4v) is 5.94. The van der Waals surface area contributed by atoms with Crippen molar-refractivity contribution >= 4 is 51.5 Å². The molecule has 3 aromatic rings. The number of hydrogen-bond acceptors (Lipinski definition) is 8. The molecule has 1 aliphatic heterocycles. The summed E-state index contributed by atoms with van der Waals surface area (Å²) < 4.78 is 10.2. The fourth-order valence-electron chi connectivity index (χ4n) is 5.02. The Morgan fingerprint density at radius 3 is 2.47 bits per heavy atom. The van der Waals surface area contributed by atoms with Gasteiger partial charge in [-0.25, -0.2) is 4.79 Å². The normalized spacial score (nSPS) is 15.9. The third-order valence-electron chi connectivity index (χ3n) is 7.20. The lowest BCUT2D eigenvalue weighted by Gasteiger charge is -2.25. The van der Waals surface area contributed by atoms with Gasteiger partial charge in [0, 0.05) is 28.3 Å². The molecule has 0 aliphatic carbocycles. The average Bonchev–Trinajstić information content (AvgIpc) is 3.61. The Kier molecular flexibility index (Phi) is 10.5. The summed E-state index contributed by atoms with van der Waals surface area (Å²) in [5.74, 6) is -1.64. The average molecular weight is 609 g/mol. The number of nitrogens with one attached hydrogen (secondary N) is 4. The number of fused-ring (bicyclic) bond motifs is 1. The molecule has 0 radical (unpaired) electrons. The van der Waals surface area contributed by atoms with Crippen LogP contribution in [0.5, 0.6) is 5.75 Å². The van der Waals surface area contributed by atoms with Crippen LogP contribution >= 0.6 is 11.8 Å². The molecule has 228 valence electrons. The highest BCUT2D eigenvalue weighted by Crippen LogP contribution is 2.29. The molecule has 1 aliphatic rings. The first-order valence-corrected chi connectivity index (χ1v) is 14.9. The molecule has 2 heterocycles. The molecule has 0 spiro atoms. The minimum Gasteiger partial charge on any atom is -0.496 e. The number of amides is 3. The molecule has 2 aromatic carbocycles. The van der Waals surface area contributed by atoms with Crippen molar-refractivity contribution in [3.05, 3.63) is 59.8 Å². The van der Waals surface area contributed by atoms with Gasteiger partial charge in [0.2, 0.25) is 16.9 Å². The van der Waals surface area contributed by atoms with Crippen LogP contribution in [0.4, 0.5) is 0 Å². The van der Waals surface area contributed by atoms with Crippen molar-refractivity contribution in [1.82, 2.24) is 20.9 Å². The summed E-state index contributed by atoms with van der Waals surface area (Å²) in [6, 6.07) is 11.6. The maximum atomic E-state index is 13.7. The van der Waals surface area contributed by atoms with Crippen LogP contribution < -0.4 is 20.7 Å². The Morgan fingerprint density at radius 1 is 1.02 bits per heavy atom. The number of ether oxygens (including phenoxy) is 2. The molecule has 43 heavy (non-hydrogen) atoms. The van der Waals surface area contributed by atoms with E-state index in [-0.39, 0.29) is 29.5 Å². The van der Waals surface area contributed by atoms with Crippen molar-refractivity contribution in [2.75, 3.05) is 20.8 Å². The first kappa shape index (κ1) is 31.6. The van der Waals surface area contributed by atoms with Crippen LogP contribution in [0.15, 0.2) is 53.4 Å². The molecule has 4 N–H and O–H groups in total. The van der Waals surface area contributed by atoms with Gasteiger partial charge in [-0.2, -0.15) is 0 Å². The smallest absolute Gasteiger partial charge is 0.339 e. The van der Waals surface area contributed by atoms with E-state index in [4.69, 9.17) is 9.47 Å². The number of carbonyl (C=O) groups excluding carboxylic acids is 5. The number of esters is 1. The Labute approximate surface area is 253 Å². The maximum Gasteiger partial charge on any atom is 0.339 e. The highest BCUT2D eigenvalue weighted by molar-refractivity contribution is 8.13. The lowest BCUT2D eigenvalue weighted by molar-refractivity contribution is -0.128. The summed E-state index contributed by atoms with van der Waals surface area (Å²) >= 11 is 0.800. The molecule has 0 bridgehead atoms. The SMILES string of the molecule is COC(=O)c1ccccc1SC(=O)[C@H](C[C@@H]1CCNC1=O)NC(=O)[C@H](CC(C)C)NC(=O)c1cc2c(OC)cccc2[nH]1. The molecule has 3 amide bonds. The number of H-pyrrole nitrogens is 1. The zero-order valence-corrected chi connectivity index (χ0v) is 25.3. The molecule has 1 aromatic heterocycles. The Balaban J connectivity index is 1.55. The van der Waals surface area contributed by atoms with Crippen LogP contribution in [-0.2, 0) is 19.1 Å². The van der Waals surface area contributed by atoms with Gasteiger partial charge in [-0.1, -0.05) is 32.0 Å². The molecular weight excluding hydrogens is 572 g/mol. The highest BCUT2D eigenvalue weighted by Gasteiger charge is 2.34. The van der Waals surface area contributed by atoms with E-state index < -0.39 is 40.9 Å². The van der Waals surface area contributed by atoms with Gasteiger partial charge in [0.25, 0.3) is 5.91 Å². The van der Waals surface area contributed by atoms with E-state index in [9.17, 15) is 24.0 Å². The first-order valence-electron chi connectivity index (χ1n) is 14.0. The molecule has 3 atom stereocenters. The maximum absolute atomic E-state index is 13.7. The van der Waals surface area contributed by atoms with Crippen molar-refractivity contribution in [2.24, 2.45) is 11.8 Å². The fraction of sp³-hybridized carbons (Fsp3) is 0.387. The number of hydrogen-bond donors (Lipinski definition) is 4. The topological polar surface area (TPSA) is 156 Å². The lowest BCUT2D eigenvalue weighted by atomic mass is 9.98. The van der Waals surface area contributed by atoms with E-state index >= 15 is 0 Å². The molecule has 11 nitrogen and oxygen atoms in total. The van der Waals surface area contributed by atoms with E-state index in [0.717, 1.165) is 17.1 Å². The summed E-state index contributed by atoms with van der Waals surface area (Å²) in [5.41, 5.74) is 1.18. The number of aromatic amines is 1. The van der Waals surface area contributed by atoms with Gasteiger partial charge in [-0.3, -0.25) is 19.2 Å². The summed E-state index contributed by atoms with van der Waals surface area (Å²) in [6.07, 6.45) is 0.913. The second-order valence-electron chi connectivity index (χ2n) is 10.7. The Morgan fingerprint density at radius 2 is 1.79 bits per heavy atom. The number of thioether (sulfide) groups is 1. The van der Waals surface area contributed by atoms with Crippen LogP contribution in [0.3, 0.4) is 0 Å². The number of benzene rings is 2. The van der Waals surface area contributed by atoms with Gasteiger partial charge in [0.05, 0.1) is 25.8 Å².